The summed E-state index contributed by atoms with van der Waals surface area (Å²) in [6, 6.07) is 0.0741. The van der Waals surface area contributed by atoms with E-state index in [-0.39, 0.29) is 6.04 Å². The van der Waals surface area contributed by atoms with Gasteiger partial charge in [-0.3, -0.25) is 16.0 Å². The Morgan fingerprint density at radius 3 is 2.83 bits per heavy atom. The van der Waals surface area contributed by atoms with Crippen molar-refractivity contribution in [2.45, 2.75) is 19.4 Å². The van der Waals surface area contributed by atoms with Gasteiger partial charge in [-0.25, -0.2) is 0 Å². The molecule has 1 aromatic heterocycles. The lowest BCUT2D eigenvalue weighted by molar-refractivity contribution is 0.498. The highest BCUT2D eigenvalue weighted by atomic mass is 35.5. The largest absolute Gasteiger partial charge is 0.271 e. The number of rotatable bonds is 3. The Kier molecular flexibility index (Phi) is 3.08. The molecule has 1 heterocycles. The number of nitrogens with zero attached hydrogens (tertiary/aromatic N) is 2. The second kappa shape index (κ2) is 3.89. The zero-order valence-electron chi connectivity index (χ0n) is 7.21. The van der Waals surface area contributed by atoms with Crippen LogP contribution in [0, 0.1) is 0 Å². The molecule has 12 heavy (non-hydrogen) atoms. The minimum Gasteiger partial charge on any atom is -0.271 e. The van der Waals surface area contributed by atoms with Gasteiger partial charge in [0.2, 0.25) is 0 Å². The molecule has 0 aromatic carbocycles. The summed E-state index contributed by atoms with van der Waals surface area (Å²) in [4.78, 5) is 0. The van der Waals surface area contributed by atoms with Gasteiger partial charge in [0.1, 0.15) is 0 Å². The van der Waals surface area contributed by atoms with E-state index >= 15 is 0 Å². The summed E-state index contributed by atoms with van der Waals surface area (Å²) in [5, 5.41) is 4.68. The zero-order valence-corrected chi connectivity index (χ0v) is 7.97. The molecule has 1 aromatic rings. The highest BCUT2D eigenvalue weighted by Gasteiger charge is 2.15. The maximum absolute atomic E-state index is 5.92. The highest BCUT2D eigenvalue weighted by Crippen LogP contribution is 2.23. The molecule has 0 saturated heterocycles. The number of nitrogens with one attached hydrogen (secondary N) is 1. The molecule has 4 nitrogen and oxygen atoms in total. The van der Waals surface area contributed by atoms with Gasteiger partial charge in [-0.05, 0) is 6.42 Å². The molecule has 3 N–H and O–H groups in total. The lowest BCUT2D eigenvalue weighted by Gasteiger charge is -2.13. The molecule has 1 rings (SSSR count). The van der Waals surface area contributed by atoms with Gasteiger partial charge < -0.3 is 0 Å². The van der Waals surface area contributed by atoms with Crippen LogP contribution in [-0.2, 0) is 7.05 Å². The Bertz CT molecular complexity index is 234. The smallest absolute Gasteiger partial charge is 0.0834 e. The topological polar surface area (TPSA) is 55.9 Å². The predicted octanol–water partition coefficient (Wildman–Crippen LogP) is 0.988. The fraction of sp³-hybridized carbons (Fsp3) is 0.571. The van der Waals surface area contributed by atoms with Gasteiger partial charge in [0.15, 0.2) is 0 Å². The summed E-state index contributed by atoms with van der Waals surface area (Å²) < 4.78 is 1.73. The number of nitrogens with two attached hydrogens (primary N) is 1. The molecular weight excluding hydrogens is 176 g/mol. The highest BCUT2D eigenvalue weighted by molar-refractivity contribution is 6.31. The van der Waals surface area contributed by atoms with E-state index in [0.29, 0.717) is 5.02 Å². The van der Waals surface area contributed by atoms with Gasteiger partial charge in [-0.1, -0.05) is 18.5 Å². The Hall–Kier alpha value is -0.580. The van der Waals surface area contributed by atoms with Crippen molar-refractivity contribution in [3.05, 3.63) is 16.9 Å². The van der Waals surface area contributed by atoms with Crippen LogP contribution in [0.4, 0.5) is 0 Å². The second-order valence-electron chi connectivity index (χ2n) is 2.63. The summed E-state index contributed by atoms with van der Waals surface area (Å²) in [5.41, 5.74) is 3.62. The zero-order chi connectivity index (χ0) is 9.14. The molecule has 0 radical (unpaired) electrons. The van der Waals surface area contributed by atoms with E-state index in [4.69, 9.17) is 17.4 Å². The number of hydrogen-bond donors (Lipinski definition) is 2. The van der Waals surface area contributed by atoms with Gasteiger partial charge in [0.25, 0.3) is 0 Å². The summed E-state index contributed by atoms with van der Waals surface area (Å²) in [6.45, 7) is 2.04. The van der Waals surface area contributed by atoms with Crippen molar-refractivity contribution in [3.8, 4) is 0 Å². The Morgan fingerprint density at radius 2 is 2.50 bits per heavy atom. The minimum absolute atomic E-state index is 0.0741. The summed E-state index contributed by atoms with van der Waals surface area (Å²) >= 11 is 5.92. The number of hydrogen-bond acceptors (Lipinski definition) is 3. The van der Waals surface area contributed by atoms with E-state index in [9.17, 15) is 0 Å². The van der Waals surface area contributed by atoms with Gasteiger partial charge in [0, 0.05) is 7.05 Å². The van der Waals surface area contributed by atoms with Gasteiger partial charge in [0.05, 0.1) is 23.0 Å². The molecule has 0 amide bonds. The van der Waals surface area contributed by atoms with Crippen molar-refractivity contribution in [1.82, 2.24) is 15.2 Å². The lowest BCUT2D eigenvalue weighted by atomic mass is 10.2. The van der Waals surface area contributed by atoms with Crippen molar-refractivity contribution in [1.29, 1.82) is 0 Å². The third-order valence-corrected chi connectivity index (χ3v) is 2.17. The average molecular weight is 189 g/mol. The predicted molar refractivity (Wildman–Crippen MR) is 48.6 cm³/mol. The van der Waals surface area contributed by atoms with Crippen LogP contribution in [0.15, 0.2) is 6.20 Å². The molecule has 0 aliphatic rings. The quantitative estimate of drug-likeness (QED) is 0.550. The Balaban J connectivity index is 2.98. The van der Waals surface area contributed by atoms with Crippen LogP contribution < -0.4 is 11.3 Å². The number of aromatic nitrogens is 2. The van der Waals surface area contributed by atoms with E-state index in [1.165, 1.54) is 0 Å². The minimum atomic E-state index is 0.0741. The fourth-order valence-electron chi connectivity index (χ4n) is 1.20. The molecule has 68 valence electrons. The number of halogens is 1. The molecule has 1 atom stereocenters. The van der Waals surface area contributed by atoms with E-state index in [1.807, 2.05) is 14.0 Å². The maximum Gasteiger partial charge on any atom is 0.0834 e. The molecule has 1 unspecified atom stereocenters. The van der Waals surface area contributed by atoms with Crippen LogP contribution in [0.3, 0.4) is 0 Å². The first-order valence-electron chi connectivity index (χ1n) is 3.84. The van der Waals surface area contributed by atoms with Crippen LogP contribution in [0.1, 0.15) is 25.1 Å². The summed E-state index contributed by atoms with van der Waals surface area (Å²) in [7, 11) is 1.85. The van der Waals surface area contributed by atoms with Crippen molar-refractivity contribution in [2.24, 2.45) is 12.9 Å². The third-order valence-electron chi connectivity index (χ3n) is 1.88. The van der Waals surface area contributed by atoms with Crippen LogP contribution in [0.5, 0.6) is 0 Å². The molecule has 0 spiro atoms. The van der Waals surface area contributed by atoms with Crippen LogP contribution in [-0.4, -0.2) is 9.78 Å². The maximum atomic E-state index is 5.92. The molecule has 0 aliphatic heterocycles. The monoisotopic (exact) mass is 188 g/mol. The fourth-order valence-corrected chi connectivity index (χ4v) is 1.50. The molecule has 5 heteroatoms. The van der Waals surface area contributed by atoms with E-state index in [0.717, 1.165) is 12.1 Å². The average Bonchev–Trinajstić information content (AvgIpc) is 2.38. The number of hydrazine groups is 1. The second-order valence-corrected chi connectivity index (χ2v) is 3.04. The summed E-state index contributed by atoms with van der Waals surface area (Å²) in [5.74, 6) is 5.36. The van der Waals surface area contributed by atoms with Gasteiger partial charge in [-0.15, -0.1) is 0 Å². The molecule has 0 bridgehead atoms. The van der Waals surface area contributed by atoms with E-state index in [2.05, 4.69) is 10.5 Å². The molecule has 0 fully saturated rings. The molecular formula is C7H13ClN4. The first-order valence-corrected chi connectivity index (χ1v) is 4.22. The van der Waals surface area contributed by atoms with Crippen LogP contribution in [0.2, 0.25) is 5.02 Å². The van der Waals surface area contributed by atoms with Crippen molar-refractivity contribution in [2.75, 3.05) is 0 Å². The number of aryl methyl sites for hydroxylation is 1. The van der Waals surface area contributed by atoms with Crippen molar-refractivity contribution < 1.29 is 0 Å². The Morgan fingerprint density at radius 1 is 1.83 bits per heavy atom. The van der Waals surface area contributed by atoms with Gasteiger partial charge >= 0.3 is 0 Å². The molecule has 0 aliphatic carbocycles. The first kappa shape index (κ1) is 9.51. The van der Waals surface area contributed by atoms with E-state index in [1.54, 1.807) is 10.9 Å². The van der Waals surface area contributed by atoms with Crippen LogP contribution in [0.25, 0.3) is 0 Å². The normalized spacial score (nSPS) is 13.3. The van der Waals surface area contributed by atoms with Crippen molar-refractivity contribution >= 4 is 11.6 Å². The van der Waals surface area contributed by atoms with E-state index < -0.39 is 0 Å². The van der Waals surface area contributed by atoms with Crippen LogP contribution >= 0.6 is 11.6 Å². The SMILES string of the molecule is CCC(NN)c1c(Cl)cnn1C. The van der Waals surface area contributed by atoms with Gasteiger partial charge in [-0.2, -0.15) is 5.10 Å². The summed E-state index contributed by atoms with van der Waals surface area (Å²) in [6.07, 6.45) is 2.51. The Labute approximate surface area is 76.7 Å². The molecule has 0 saturated carbocycles. The van der Waals surface area contributed by atoms with Crippen molar-refractivity contribution in [3.63, 3.8) is 0 Å². The third kappa shape index (κ3) is 1.60. The lowest BCUT2D eigenvalue weighted by Crippen LogP contribution is -2.29. The first-order chi connectivity index (χ1) is 5.70. The standard InChI is InChI=1S/C7H13ClN4/c1-3-6(11-9)7-5(8)4-10-12(7)2/h4,6,11H,3,9H2,1-2H3.